The molecule has 0 bridgehead atoms. The van der Waals surface area contributed by atoms with Gasteiger partial charge < -0.3 is 25.2 Å². The maximum Gasteiger partial charge on any atom is 0.248 e. The van der Waals surface area contributed by atoms with E-state index in [0.717, 1.165) is 24.3 Å². The third-order valence-electron chi connectivity index (χ3n) is 3.30. The Morgan fingerprint density at radius 2 is 1.59 bits per heavy atom. The quantitative estimate of drug-likeness (QED) is 0.463. The Labute approximate surface area is 123 Å². The van der Waals surface area contributed by atoms with Crippen molar-refractivity contribution < 1.29 is 34.8 Å². The molecule has 2 aromatic rings. The van der Waals surface area contributed by atoms with Crippen LogP contribution < -0.4 is 4.74 Å². The highest BCUT2D eigenvalue weighted by molar-refractivity contribution is 6.47. The topological polar surface area (TPSA) is 124 Å². The number of phenolic OH excluding ortho intramolecular Hbond substituents is 4. The maximum absolute atomic E-state index is 12.1. The van der Waals surface area contributed by atoms with Crippen LogP contribution >= 0.6 is 0 Å². The number of rotatable bonds is 1. The third kappa shape index (κ3) is 1.99. The van der Waals surface area contributed by atoms with Crippen LogP contribution in [0.2, 0.25) is 0 Å². The van der Waals surface area contributed by atoms with Crippen LogP contribution in [-0.2, 0) is 4.79 Å². The standard InChI is InChI=1S/C15H10O7/c16-7-4-10(19)12-11(5-7)22-15(14(21)13(12)20)6-1-2-8(17)9(18)3-6/h1-5,15-19H/t15-/m0/s1. The second-order valence-electron chi connectivity index (χ2n) is 4.78. The number of fused-ring (bicyclic) bond motifs is 1. The van der Waals surface area contributed by atoms with Gasteiger partial charge in [-0.3, -0.25) is 9.59 Å². The van der Waals surface area contributed by atoms with Gasteiger partial charge in [-0.1, -0.05) is 6.07 Å². The molecule has 1 aliphatic rings. The minimum Gasteiger partial charge on any atom is -0.508 e. The number of phenols is 4. The number of aromatic hydroxyl groups is 4. The number of carbonyl (C=O) groups excluding carboxylic acids is 2. The fourth-order valence-corrected chi connectivity index (χ4v) is 2.25. The largest absolute Gasteiger partial charge is 0.508 e. The van der Waals surface area contributed by atoms with Crippen molar-refractivity contribution in [3.05, 3.63) is 41.5 Å². The van der Waals surface area contributed by atoms with Crippen LogP contribution in [-0.4, -0.2) is 32.0 Å². The van der Waals surface area contributed by atoms with Crippen LogP contribution in [0.1, 0.15) is 22.0 Å². The Kier molecular flexibility index (Phi) is 2.91. The van der Waals surface area contributed by atoms with Crippen LogP contribution in [0.3, 0.4) is 0 Å². The summed E-state index contributed by atoms with van der Waals surface area (Å²) in [7, 11) is 0. The average molecular weight is 302 g/mol. The van der Waals surface area contributed by atoms with Gasteiger partial charge >= 0.3 is 0 Å². The van der Waals surface area contributed by atoms with Crippen molar-refractivity contribution in [2.75, 3.05) is 0 Å². The van der Waals surface area contributed by atoms with Gasteiger partial charge in [-0.15, -0.1) is 0 Å². The van der Waals surface area contributed by atoms with E-state index in [-0.39, 0.29) is 28.4 Å². The lowest BCUT2D eigenvalue weighted by atomic mass is 9.94. The lowest BCUT2D eigenvalue weighted by molar-refractivity contribution is -0.122. The zero-order valence-corrected chi connectivity index (χ0v) is 11.0. The van der Waals surface area contributed by atoms with Crippen LogP contribution in [0.15, 0.2) is 30.3 Å². The van der Waals surface area contributed by atoms with Gasteiger partial charge in [0.15, 0.2) is 17.6 Å². The first-order valence-electron chi connectivity index (χ1n) is 6.21. The highest BCUT2D eigenvalue weighted by Gasteiger charge is 2.39. The summed E-state index contributed by atoms with van der Waals surface area (Å²) in [5.74, 6) is -3.76. The Balaban J connectivity index is 2.10. The molecular weight excluding hydrogens is 292 g/mol. The van der Waals surface area contributed by atoms with Crippen molar-refractivity contribution in [2.24, 2.45) is 0 Å². The molecular formula is C15H10O7. The summed E-state index contributed by atoms with van der Waals surface area (Å²) in [6.45, 7) is 0. The van der Waals surface area contributed by atoms with E-state index < -0.39 is 29.2 Å². The summed E-state index contributed by atoms with van der Waals surface area (Å²) in [6.07, 6.45) is -1.34. The summed E-state index contributed by atoms with van der Waals surface area (Å²) in [4.78, 5) is 24.2. The second-order valence-corrected chi connectivity index (χ2v) is 4.78. The molecule has 0 fully saturated rings. The Morgan fingerprint density at radius 1 is 0.864 bits per heavy atom. The first-order valence-corrected chi connectivity index (χ1v) is 6.21. The predicted octanol–water partition coefficient (Wildman–Crippen LogP) is 1.39. The number of hydrogen-bond acceptors (Lipinski definition) is 7. The number of carbonyl (C=O) groups is 2. The van der Waals surface area contributed by atoms with Crippen molar-refractivity contribution in [1.82, 2.24) is 0 Å². The molecule has 0 spiro atoms. The fourth-order valence-electron chi connectivity index (χ4n) is 2.25. The van der Waals surface area contributed by atoms with Crippen molar-refractivity contribution >= 4 is 11.6 Å². The second kappa shape index (κ2) is 4.66. The highest BCUT2D eigenvalue weighted by Crippen LogP contribution is 2.41. The minimum atomic E-state index is -1.34. The zero-order valence-electron chi connectivity index (χ0n) is 11.0. The van der Waals surface area contributed by atoms with Crippen molar-refractivity contribution in [1.29, 1.82) is 0 Å². The van der Waals surface area contributed by atoms with Crippen LogP contribution in [0.4, 0.5) is 0 Å². The molecule has 7 heteroatoms. The molecule has 0 aromatic heterocycles. The molecule has 2 aromatic carbocycles. The van der Waals surface area contributed by atoms with Gasteiger partial charge in [-0.25, -0.2) is 0 Å². The number of ether oxygens (including phenoxy) is 1. The smallest absolute Gasteiger partial charge is 0.248 e. The number of benzene rings is 2. The maximum atomic E-state index is 12.1. The molecule has 22 heavy (non-hydrogen) atoms. The molecule has 0 amide bonds. The molecule has 1 atom stereocenters. The van der Waals surface area contributed by atoms with Crippen molar-refractivity contribution in [3.8, 4) is 28.7 Å². The van der Waals surface area contributed by atoms with Gasteiger partial charge in [-0.2, -0.15) is 0 Å². The van der Waals surface area contributed by atoms with E-state index in [4.69, 9.17) is 4.74 Å². The third-order valence-corrected chi connectivity index (χ3v) is 3.30. The molecule has 1 heterocycles. The zero-order chi connectivity index (χ0) is 16.0. The van der Waals surface area contributed by atoms with E-state index in [0.29, 0.717) is 0 Å². The summed E-state index contributed by atoms with van der Waals surface area (Å²) in [6, 6.07) is 5.60. The van der Waals surface area contributed by atoms with Gasteiger partial charge in [0.1, 0.15) is 22.8 Å². The Morgan fingerprint density at radius 3 is 2.27 bits per heavy atom. The first-order chi connectivity index (χ1) is 10.4. The molecule has 112 valence electrons. The van der Waals surface area contributed by atoms with Gasteiger partial charge in [0, 0.05) is 17.7 Å². The first kappa shape index (κ1) is 13.7. The molecule has 4 N–H and O–H groups in total. The van der Waals surface area contributed by atoms with Gasteiger partial charge in [0.05, 0.1) is 0 Å². The molecule has 0 aliphatic carbocycles. The van der Waals surface area contributed by atoms with Crippen molar-refractivity contribution in [3.63, 3.8) is 0 Å². The number of ketones is 2. The van der Waals surface area contributed by atoms with E-state index >= 15 is 0 Å². The van der Waals surface area contributed by atoms with E-state index in [1.807, 2.05) is 0 Å². The van der Waals surface area contributed by atoms with Gasteiger partial charge in [0.25, 0.3) is 0 Å². The fraction of sp³-hybridized carbons (Fsp3) is 0.0667. The highest BCUT2D eigenvalue weighted by atomic mass is 16.5. The van der Waals surface area contributed by atoms with E-state index in [2.05, 4.69) is 0 Å². The Bertz CT molecular complexity index is 810. The van der Waals surface area contributed by atoms with E-state index in [1.165, 1.54) is 6.07 Å². The SMILES string of the molecule is O=C1C(=O)[C@H](c2ccc(O)c(O)c2)Oc2cc(O)cc(O)c21. The van der Waals surface area contributed by atoms with Gasteiger partial charge in [0.2, 0.25) is 11.6 Å². The summed E-state index contributed by atoms with van der Waals surface area (Å²) in [5, 5.41) is 37.9. The molecule has 0 saturated carbocycles. The van der Waals surface area contributed by atoms with Crippen LogP contribution in [0, 0.1) is 0 Å². The number of Topliss-reactive ketones (excluding diaryl/α,β-unsaturated/α-hetero) is 2. The normalized spacial score (nSPS) is 17.0. The molecule has 7 nitrogen and oxygen atoms in total. The Hall–Kier alpha value is -3.22. The molecule has 3 rings (SSSR count). The van der Waals surface area contributed by atoms with Crippen molar-refractivity contribution in [2.45, 2.75) is 6.10 Å². The number of hydrogen-bond donors (Lipinski definition) is 4. The summed E-state index contributed by atoms with van der Waals surface area (Å²) in [5.41, 5.74) is -0.163. The minimum absolute atomic E-state index is 0.139. The molecule has 0 unspecified atom stereocenters. The lowest BCUT2D eigenvalue weighted by Crippen LogP contribution is -2.31. The van der Waals surface area contributed by atoms with Gasteiger partial charge in [-0.05, 0) is 12.1 Å². The average Bonchev–Trinajstić information content (AvgIpc) is 2.45. The summed E-state index contributed by atoms with van der Waals surface area (Å²) < 4.78 is 5.37. The monoisotopic (exact) mass is 302 g/mol. The van der Waals surface area contributed by atoms with Crippen LogP contribution in [0.5, 0.6) is 28.7 Å². The molecule has 1 aliphatic heterocycles. The summed E-state index contributed by atoms with van der Waals surface area (Å²) >= 11 is 0. The van der Waals surface area contributed by atoms with Crippen LogP contribution in [0.25, 0.3) is 0 Å². The molecule has 0 saturated heterocycles. The van der Waals surface area contributed by atoms with E-state index in [9.17, 15) is 30.0 Å². The van der Waals surface area contributed by atoms with E-state index in [1.54, 1.807) is 0 Å². The lowest BCUT2D eigenvalue weighted by Gasteiger charge is -2.25. The predicted molar refractivity (Wildman–Crippen MR) is 72.2 cm³/mol. The molecule has 0 radical (unpaired) electrons.